The van der Waals surface area contributed by atoms with Gasteiger partial charge >= 0.3 is 0 Å². The van der Waals surface area contributed by atoms with Crippen molar-refractivity contribution < 1.29 is 0 Å². The van der Waals surface area contributed by atoms with Gasteiger partial charge in [-0.25, -0.2) is 0 Å². The number of thiophene rings is 1. The minimum absolute atomic E-state index is 0.00383. The van der Waals surface area contributed by atoms with Crippen molar-refractivity contribution >= 4 is 22.9 Å². The summed E-state index contributed by atoms with van der Waals surface area (Å²) in [6.07, 6.45) is 0.499. The van der Waals surface area contributed by atoms with Gasteiger partial charge in [0, 0.05) is 17.0 Å². The van der Waals surface area contributed by atoms with Crippen molar-refractivity contribution in [2.45, 2.75) is 38.4 Å². The van der Waals surface area contributed by atoms with Gasteiger partial charge in [-0.2, -0.15) is 5.26 Å². The smallest absolute Gasteiger partial charge is 0.0931 e. The van der Waals surface area contributed by atoms with Gasteiger partial charge < -0.3 is 5.73 Å². The normalized spacial score (nSPS) is 16.5. The summed E-state index contributed by atoms with van der Waals surface area (Å²) in [4.78, 5) is 3.30. The van der Waals surface area contributed by atoms with Crippen LogP contribution in [0, 0.1) is 11.3 Å². The number of likely N-dealkylation sites (N-methyl/N-ethyl adjacent to an activating group) is 1. The third-order valence-electron chi connectivity index (χ3n) is 2.90. The maximum atomic E-state index is 8.75. The first-order chi connectivity index (χ1) is 7.97. The standard InChI is InChI=1S/C12H18ClN3S/c1-8(6-7-14)16(3)12(9(2)15)10-4-5-11(13)17-10/h4-5,8-9,12H,6,15H2,1-3H3. The summed E-state index contributed by atoms with van der Waals surface area (Å²) in [6, 6.07) is 6.37. The highest BCUT2D eigenvalue weighted by atomic mass is 35.5. The molecule has 0 spiro atoms. The molecule has 0 saturated carbocycles. The summed E-state index contributed by atoms with van der Waals surface area (Å²) >= 11 is 7.51. The van der Waals surface area contributed by atoms with Gasteiger partial charge in [-0.1, -0.05) is 11.6 Å². The lowest BCUT2D eigenvalue weighted by Gasteiger charge is -2.34. The summed E-state index contributed by atoms with van der Waals surface area (Å²) < 4.78 is 0.770. The zero-order valence-electron chi connectivity index (χ0n) is 10.4. The fraction of sp³-hybridized carbons (Fsp3) is 0.583. The molecule has 0 bridgehead atoms. The minimum atomic E-state index is -0.00383. The highest BCUT2D eigenvalue weighted by molar-refractivity contribution is 7.16. The van der Waals surface area contributed by atoms with E-state index in [2.05, 4.69) is 11.0 Å². The zero-order chi connectivity index (χ0) is 13.0. The molecule has 0 radical (unpaired) electrons. The second kappa shape index (κ2) is 6.36. The van der Waals surface area contributed by atoms with Crippen LogP contribution < -0.4 is 5.73 Å². The van der Waals surface area contributed by atoms with E-state index in [1.165, 1.54) is 0 Å². The van der Waals surface area contributed by atoms with Crippen LogP contribution in [0.3, 0.4) is 0 Å². The molecule has 0 aliphatic rings. The summed E-state index contributed by atoms with van der Waals surface area (Å²) in [5.74, 6) is 0. The zero-order valence-corrected chi connectivity index (χ0v) is 11.9. The monoisotopic (exact) mass is 271 g/mol. The summed E-state index contributed by atoms with van der Waals surface area (Å²) in [5.41, 5.74) is 6.05. The molecule has 0 aromatic carbocycles. The maximum absolute atomic E-state index is 8.75. The van der Waals surface area contributed by atoms with Crippen LogP contribution in [-0.4, -0.2) is 24.0 Å². The van der Waals surface area contributed by atoms with Crippen LogP contribution in [0.5, 0.6) is 0 Å². The van der Waals surface area contributed by atoms with E-state index in [1.54, 1.807) is 11.3 Å². The van der Waals surface area contributed by atoms with E-state index in [0.29, 0.717) is 6.42 Å². The van der Waals surface area contributed by atoms with Crippen molar-refractivity contribution in [3.05, 3.63) is 21.3 Å². The van der Waals surface area contributed by atoms with Crippen LogP contribution >= 0.6 is 22.9 Å². The molecule has 1 rings (SSSR count). The van der Waals surface area contributed by atoms with E-state index < -0.39 is 0 Å². The fourth-order valence-electron chi connectivity index (χ4n) is 1.87. The third-order valence-corrected chi connectivity index (χ3v) is 4.21. The molecule has 2 N–H and O–H groups in total. The molecule has 5 heteroatoms. The highest BCUT2D eigenvalue weighted by Gasteiger charge is 2.26. The second-order valence-electron chi connectivity index (χ2n) is 4.32. The van der Waals surface area contributed by atoms with E-state index in [4.69, 9.17) is 22.6 Å². The predicted octanol–water partition coefficient (Wildman–Crippen LogP) is 3.02. The van der Waals surface area contributed by atoms with Crippen molar-refractivity contribution in [3.8, 4) is 6.07 Å². The quantitative estimate of drug-likeness (QED) is 0.896. The summed E-state index contributed by atoms with van der Waals surface area (Å²) in [5, 5.41) is 8.75. The summed E-state index contributed by atoms with van der Waals surface area (Å²) in [7, 11) is 2.00. The Morgan fingerprint density at radius 1 is 1.53 bits per heavy atom. The Bertz CT molecular complexity index is 397. The Labute approximate surface area is 112 Å². The Hall–Kier alpha value is -0.600. The lowest BCUT2D eigenvalue weighted by molar-refractivity contribution is 0.169. The van der Waals surface area contributed by atoms with Crippen LogP contribution in [-0.2, 0) is 0 Å². The van der Waals surface area contributed by atoms with Gasteiger partial charge in [0.25, 0.3) is 0 Å². The van der Waals surface area contributed by atoms with Crippen LogP contribution in [0.2, 0.25) is 4.34 Å². The Kier molecular flexibility index (Phi) is 5.41. The first kappa shape index (κ1) is 14.5. The van der Waals surface area contributed by atoms with Gasteiger partial charge in [0.1, 0.15) is 0 Å². The first-order valence-corrected chi connectivity index (χ1v) is 6.76. The average molecular weight is 272 g/mol. The van der Waals surface area contributed by atoms with Crippen LogP contribution in [0.1, 0.15) is 31.2 Å². The van der Waals surface area contributed by atoms with Gasteiger partial charge in [-0.15, -0.1) is 11.3 Å². The van der Waals surface area contributed by atoms with Crippen LogP contribution in [0.4, 0.5) is 0 Å². The molecule has 17 heavy (non-hydrogen) atoms. The molecule has 0 aliphatic carbocycles. The number of nitrogens with two attached hydrogens (primary N) is 1. The predicted molar refractivity (Wildman–Crippen MR) is 73.2 cm³/mol. The topological polar surface area (TPSA) is 53.0 Å². The summed E-state index contributed by atoms with van der Waals surface area (Å²) in [6.45, 7) is 4.02. The molecule has 3 unspecified atom stereocenters. The van der Waals surface area contributed by atoms with Gasteiger partial charge in [-0.3, -0.25) is 4.90 Å². The number of nitrogens with zero attached hydrogens (tertiary/aromatic N) is 2. The molecule has 0 amide bonds. The molecule has 0 saturated heterocycles. The third kappa shape index (κ3) is 3.68. The maximum Gasteiger partial charge on any atom is 0.0931 e. The lowest BCUT2D eigenvalue weighted by atomic mass is 10.0. The number of rotatable bonds is 5. The Balaban J connectivity index is 2.90. The largest absolute Gasteiger partial charge is 0.326 e. The van der Waals surface area contributed by atoms with Gasteiger partial charge in [-0.05, 0) is 33.0 Å². The van der Waals surface area contributed by atoms with Gasteiger partial charge in [0.15, 0.2) is 0 Å². The van der Waals surface area contributed by atoms with Crippen LogP contribution in [0.25, 0.3) is 0 Å². The van der Waals surface area contributed by atoms with E-state index in [1.807, 2.05) is 33.0 Å². The van der Waals surface area contributed by atoms with Crippen molar-refractivity contribution in [1.82, 2.24) is 4.90 Å². The first-order valence-electron chi connectivity index (χ1n) is 5.57. The van der Waals surface area contributed by atoms with Gasteiger partial charge in [0.2, 0.25) is 0 Å². The number of hydrogen-bond donors (Lipinski definition) is 1. The molecule has 94 valence electrons. The van der Waals surface area contributed by atoms with Crippen molar-refractivity contribution in [1.29, 1.82) is 5.26 Å². The Morgan fingerprint density at radius 3 is 2.59 bits per heavy atom. The van der Waals surface area contributed by atoms with Crippen molar-refractivity contribution in [2.24, 2.45) is 5.73 Å². The van der Waals surface area contributed by atoms with Gasteiger partial charge in [0.05, 0.1) is 22.9 Å². The number of halogens is 1. The average Bonchev–Trinajstić information content (AvgIpc) is 2.64. The molecule has 1 aromatic heterocycles. The highest BCUT2D eigenvalue weighted by Crippen LogP contribution is 2.32. The molecular weight excluding hydrogens is 254 g/mol. The van der Waals surface area contributed by atoms with Crippen molar-refractivity contribution in [3.63, 3.8) is 0 Å². The van der Waals surface area contributed by atoms with E-state index in [0.717, 1.165) is 9.21 Å². The van der Waals surface area contributed by atoms with E-state index >= 15 is 0 Å². The molecule has 1 heterocycles. The van der Waals surface area contributed by atoms with E-state index in [9.17, 15) is 0 Å². The minimum Gasteiger partial charge on any atom is -0.326 e. The Morgan fingerprint density at radius 2 is 2.18 bits per heavy atom. The van der Waals surface area contributed by atoms with Crippen molar-refractivity contribution in [2.75, 3.05) is 7.05 Å². The number of hydrogen-bond acceptors (Lipinski definition) is 4. The SMILES string of the molecule is CC(N)C(c1ccc(Cl)s1)N(C)C(C)CC#N. The second-order valence-corrected chi connectivity index (χ2v) is 6.07. The molecule has 0 aliphatic heterocycles. The fourth-order valence-corrected chi connectivity index (χ4v) is 3.20. The number of nitriles is 1. The molecule has 0 fully saturated rings. The molecular formula is C12H18ClN3S. The van der Waals surface area contributed by atoms with Crippen LogP contribution in [0.15, 0.2) is 12.1 Å². The lowest BCUT2D eigenvalue weighted by Crippen LogP contribution is -2.41. The molecule has 3 nitrogen and oxygen atoms in total. The van der Waals surface area contributed by atoms with E-state index in [-0.39, 0.29) is 18.1 Å². The molecule has 3 atom stereocenters. The molecule has 1 aromatic rings.